The van der Waals surface area contributed by atoms with Crippen molar-refractivity contribution < 1.29 is 33.3 Å². The summed E-state index contributed by atoms with van der Waals surface area (Å²) >= 11 is 0. The second-order valence-corrected chi connectivity index (χ2v) is 9.61. The van der Waals surface area contributed by atoms with E-state index in [1.54, 1.807) is 4.90 Å². The highest BCUT2D eigenvalue weighted by Crippen LogP contribution is 2.49. The van der Waals surface area contributed by atoms with E-state index in [0.29, 0.717) is 13.2 Å². The molecule has 1 amide bonds. The first-order valence-electron chi connectivity index (χ1n) is 13.2. The lowest BCUT2D eigenvalue weighted by Crippen LogP contribution is -2.55. The monoisotopic (exact) mass is 531 g/mol. The van der Waals surface area contributed by atoms with Gasteiger partial charge in [-0.1, -0.05) is 91.0 Å². The first-order chi connectivity index (χ1) is 19.0. The molecule has 8 nitrogen and oxygen atoms in total. The van der Waals surface area contributed by atoms with Gasteiger partial charge < -0.3 is 23.7 Å². The number of cyclic esters (lactones) is 1. The van der Waals surface area contributed by atoms with E-state index in [2.05, 4.69) is 0 Å². The molecule has 5 atom stereocenters. The molecule has 2 heterocycles. The summed E-state index contributed by atoms with van der Waals surface area (Å²) in [6, 6.07) is 28.0. The molecule has 2 aliphatic heterocycles. The molecule has 2 aliphatic rings. The van der Waals surface area contributed by atoms with Crippen molar-refractivity contribution >= 4 is 12.1 Å². The molecule has 0 aliphatic carbocycles. The summed E-state index contributed by atoms with van der Waals surface area (Å²) in [6.45, 7) is 3.80. The van der Waals surface area contributed by atoms with E-state index in [0.717, 1.165) is 16.7 Å². The van der Waals surface area contributed by atoms with Crippen LogP contribution in [0.15, 0.2) is 91.0 Å². The third-order valence-electron chi connectivity index (χ3n) is 6.99. The van der Waals surface area contributed by atoms with Crippen molar-refractivity contribution in [2.24, 2.45) is 0 Å². The highest BCUT2D eigenvalue weighted by Gasteiger charge is 2.60. The van der Waals surface area contributed by atoms with Gasteiger partial charge in [0.2, 0.25) is 12.1 Å². The summed E-state index contributed by atoms with van der Waals surface area (Å²) in [4.78, 5) is 27.3. The number of rotatable bonds is 10. The molecule has 0 aromatic heterocycles. The van der Waals surface area contributed by atoms with Crippen LogP contribution < -0.4 is 0 Å². The lowest BCUT2D eigenvalue weighted by molar-refractivity contribution is -0.294. The van der Waals surface area contributed by atoms with Crippen LogP contribution in [0.5, 0.6) is 0 Å². The van der Waals surface area contributed by atoms with E-state index in [4.69, 9.17) is 23.7 Å². The van der Waals surface area contributed by atoms with Crippen LogP contribution in [0.1, 0.15) is 49.1 Å². The van der Waals surface area contributed by atoms with Gasteiger partial charge in [-0.2, -0.15) is 0 Å². The maximum Gasteiger partial charge on any atom is 0.411 e. The van der Waals surface area contributed by atoms with Gasteiger partial charge in [-0.3, -0.25) is 9.69 Å². The van der Waals surface area contributed by atoms with E-state index in [-0.39, 0.29) is 13.0 Å². The Kier molecular flexibility index (Phi) is 8.26. The molecule has 0 bridgehead atoms. The maximum atomic E-state index is 13.7. The zero-order valence-electron chi connectivity index (χ0n) is 22.1. The summed E-state index contributed by atoms with van der Waals surface area (Å²) in [5.74, 6) is -1.87. The number of esters is 1. The number of hydrogen-bond acceptors (Lipinski definition) is 7. The van der Waals surface area contributed by atoms with Gasteiger partial charge in [-0.15, -0.1) is 0 Å². The van der Waals surface area contributed by atoms with E-state index < -0.39 is 42.3 Å². The van der Waals surface area contributed by atoms with Gasteiger partial charge in [-0.05, 0) is 23.6 Å². The predicted molar refractivity (Wildman–Crippen MR) is 142 cm³/mol. The SMILES string of the molecule is CCO[C@]1(COCc2ccccc2)O[C@@H](OC(C)=O)C[C@H]1N1C(=O)O[C@@H](c2ccccc2)[C@H]1c1ccccc1. The van der Waals surface area contributed by atoms with Crippen LogP contribution in [-0.2, 0) is 35.1 Å². The van der Waals surface area contributed by atoms with E-state index in [1.165, 1.54) is 6.92 Å². The van der Waals surface area contributed by atoms with Crippen molar-refractivity contribution in [2.45, 2.75) is 57.1 Å². The molecule has 0 radical (unpaired) electrons. The normalized spacial score (nSPS) is 26.4. The van der Waals surface area contributed by atoms with E-state index in [9.17, 15) is 9.59 Å². The Morgan fingerprint density at radius 3 is 2.18 bits per heavy atom. The standard InChI is InChI=1S/C31H33NO7/c1-3-36-31(21-35-20-23-13-7-4-8-14-23)26(19-27(39-31)37-22(2)33)32-28(24-15-9-5-10-16-24)29(38-30(32)34)25-17-11-6-12-18-25/h4-18,26-29H,3,19-21H2,1-2H3/t26-,27-,28-,29+,31-/m1/s1. The average molecular weight is 532 g/mol. The lowest BCUT2D eigenvalue weighted by atomic mass is 9.92. The zero-order valence-corrected chi connectivity index (χ0v) is 22.1. The first kappa shape index (κ1) is 26.9. The van der Waals surface area contributed by atoms with Crippen molar-refractivity contribution in [3.05, 3.63) is 108 Å². The minimum Gasteiger partial charge on any atom is -0.439 e. The van der Waals surface area contributed by atoms with Crippen LogP contribution in [0.25, 0.3) is 0 Å². The zero-order chi connectivity index (χ0) is 27.2. The number of carbonyl (C=O) groups is 2. The Morgan fingerprint density at radius 2 is 1.56 bits per heavy atom. The van der Waals surface area contributed by atoms with Gasteiger partial charge in [0.25, 0.3) is 0 Å². The van der Waals surface area contributed by atoms with Crippen LogP contribution in [0.3, 0.4) is 0 Å². The molecule has 2 fully saturated rings. The Balaban J connectivity index is 1.52. The van der Waals surface area contributed by atoms with Gasteiger partial charge in [0, 0.05) is 20.0 Å². The highest BCUT2D eigenvalue weighted by atomic mass is 16.8. The Morgan fingerprint density at radius 1 is 0.949 bits per heavy atom. The van der Waals surface area contributed by atoms with Crippen molar-refractivity contribution in [1.82, 2.24) is 4.90 Å². The second-order valence-electron chi connectivity index (χ2n) is 9.61. The molecule has 3 aromatic carbocycles. The summed E-state index contributed by atoms with van der Waals surface area (Å²) < 4.78 is 30.2. The van der Waals surface area contributed by atoms with Gasteiger partial charge in [0.05, 0.1) is 12.6 Å². The van der Waals surface area contributed by atoms with Crippen molar-refractivity contribution in [3.63, 3.8) is 0 Å². The van der Waals surface area contributed by atoms with Gasteiger partial charge >= 0.3 is 12.1 Å². The molecule has 3 aromatic rings. The Bertz CT molecular complexity index is 1240. The van der Waals surface area contributed by atoms with Crippen LogP contribution in [0.2, 0.25) is 0 Å². The Labute approximate surface area is 228 Å². The largest absolute Gasteiger partial charge is 0.439 e. The van der Waals surface area contributed by atoms with E-state index >= 15 is 0 Å². The minimum absolute atomic E-state index is 0.0134. The lowest BCUT2D eigenvalue weighted by Gasteiger charge is -2.39. The average Bonchev–Trinajstić information content (AvgIpc) is 3.46. The molecule has 0 unspecified atom stereocenters. The Hall–Kier alpha value is -3.72. The summed E-state index contributed by atoms with van der Waals surface area (Å²) in [5.41, 5.74) is 2.77. The number of hydrogen-bond donors (Lipinski definition) is 0. The number of nitrogens with zero attached hydrogens (tertiary/aromatic N) is 1. The van der Waals surface area contributed by atoms with Crippen molar-refractivity contribution in [3.8, 4) is 0 Å². The quantitative estimate of drug-likeness (QED) is 0.317. The summed E-state index contributed by atoms with van der Waals surface area (Å²) in [5, 5.41) is 0. The molecule has 0 spiro atoms. The molecular formula is C31H33NO7. The smallest absolute Gasteiger partial charge is 0.411 e. The molecule has 0 N–H and O–H groups in total. The van der Waals surface area contributed by atoms with Gasteiger partial charge in [-0.25, -0.2) is 4.79 Å². The number of ether oxygens (including phenoxy) is 5. The minimum atomic E-state index is -1.39. The highest BCUT2D eigenvalue weighted by molar-refractivity contribution is 5.72. The topological polar surface area (TPSA) is 83.5 Å². The number of amides is 1. The molecular weight excluding hydrogens is 498 g/mol. The number of carbonyl (C=O) groups excluding carboxylic acids is 2. The molecule has 0 saturated carbocycles. The third kappa shape index (κ3) is 5.83. The van der Waals surface area contributed by atoms with E-state index in [1.807, 2.05) is 97.9 Å². The number of benzene rings is 3. The predicted octanol–water partition coefficient (Wildman–Crippen LogP) is 5.55. The molecule has 8 heteroatoms. The molecule has 39 heavy (non-hydrogen) atoms. The van der Waals surface area contributed by atoms with Crippen molar-refractivity contribution in [2.75, 3.05) is 13.2 Å². The second kappa shape index (κ2) is 12.0. The third-order valence-corrected chi connectivity index (χ3v) is 6.99. The fourth-order valence-corrected chi connectivity index (χ4v) is 5.42. The van der Waals surface area contributed by atoms with Crippen LogP contribution in [-0.4, -0.2) is 48.3 Å². The molecule has 204 valence electrons. The summed E-state index contributed by atoms with van der Waals surface area (Å²) in [7, 11) is 0. The molecule has 2 saturated heterocycles. The maximum absolute atomic E-state index is 13.7. The molecule has 5 rings (SSSR count). The van der Waals surface area contributed by atoms with Crippen molar-refractivity contribution in [1.29, 1.82) is 0 Å². The van der Waals surface area contributed by atoms with Crippen LogP contribution >= 0.6 is 0 Å². The fourth-order valence-electron chi connectivity index (χ4n) is 5.42. The fraction of sp³-hybridized carbons (Fsp3) is 0.355. The summed E-state index contributed by atoms with van der Waals surface area (Å²) in [6.07, 6.45) is -1.77. The van der Waals surface area contributed by atoms with Gasteiger partial charge in [0.1, 0.15) is 12.6 Å². The van der Waals surface area contributed by atoms with Crippen LogP contribution in [0, 0.1) is 0 Å². The first-order valence-corrected chi connectivity index (χ1v) is 13.2. The van der Waals surface area contributed by atoms with Crippen LogP contribution in [0.4, 0.5) is 4.79 Å². The van der Waals surface area contributed by atoms with Gasteiger partial charge in [0.15, 0.2) is 6.10 Å².